The van der Waals surface area contributed by atoms with Crippen LogP contribution in [-0.2, 0) is 11.3 Å². The van der Waals surface area contributed by atoms with Gasteiger partial charge in [0.1, 0.15) is 16.7 Å². The molecule has 164 valence electrons. The van der Waals surface area contributed by atoms with Crippen molar-refractivity contribution in [2.45, 2.75) is 39.1 Å². The first-order valence-corrected chi connectivity index (χ1v) is 10.8. The molecule has 0 radical (unpaired) electrons. The number of aliphatic hydroxyl groups is 1. The molecular weight excluding hydrogens is 458 g/mol. The first-order chi connectivity index (χ1) is 14.3. The van der Waals surface area contributed by atoms with Gasteiger partial charge >= 0.3 is 5.97 Å². The van der Waals surface area contributed by atoms with Crippen LogP contribution in [0.25, 0.3) is 0 Å². The molecule has 30 heavy (non-hydrogen) atoms. The number of piperidine rings is 1. The van der Waals surface area contributed by atoms with Gasteiger partial charge in [-0.1, -0.05) is 34.5 Å². The molecule has 3 rings (SSSR count). The monoisotopic (exact) mass is 478 g/mol. The largest absolute Gasteiger partial charge is 0.462 e. The Labute approximate surface area is 186 Å². The molecule has 0 bridgehead atoms. The summed E-state index contributed by atoms with van der Waals surface area (Å²) in [6.45, 7) is 3.52. The van der Waals surface area contributed by atoms with Crippen molar-refractivity contribution >= 4 is 51.5 Å². The van der Waals surface area contributed by atoms with E-state index in [0.29, 0.717) is 23.8 Å². The highest BCUT2D eigenvalue weighted by Gasteiger charge is 2.33. The SMILES string of the molecule is CCOC(=O)c1sc(N2CC[C@@H](NC(=O)c3[nH]c(C)c(Cl)c3Cl)[C@@H](F)C2)nc1CO. The number of alkyl halides is 1. The number of rotatable bonds is 6. The van der Waals surface area contributed by atoms with Gasteiger partial charge in [-0.2, -0.15) is 0 Å². The van der Waals surface area contributed by atoms with E-state index in [1.807, 2.05) is 0 Å². The third-order valence-electron chi connectivity index (χ3n) is 4.71. The number of thiazole rings is 1. The number of aliphatic hydroxyl groups excluding tert-OH is 1. The minimum Gasteiger partial charge on any atom is -0.462 e. The Morgan fingerprint density at radius 1 is 1.43 bits per heavy atom. The molecule has 1 amide bonds. The van der Waals surface area contributed by atoms with Gasteiger partial charge in [-0.3, -0.25) is 4.79 Å². The molecule has 1 fully saturated rings. The van der Waals surface area contributed by atoms with Gasteiger partial charge in [0, 0.05) is 12.2 Å². The molecule has 3 heterocycles. The summed E-state index contributed by atoms with van der Waals surface area (Å²) in [6.07, 6.45) is -1.05. The van der Waals surface area contributed by atoms with E-state index in [4.69, 9.17) is 27.9 Å². The Hall–Kier alpha value is -1.88. The number of hydrogen-bond donors (Lipinski definition) is 3. The number of hydrogen-bond acceptors (Lipinski definition) is 7. The standard InChI is InChI=1S/C18H21Cl2FN4O4S/c1-3-29-17(28)15-11(7-26)24-18(30-15)25-5-4-10(9(21)6-25)23-16(27)14-13(20)12(19)8(2)22-14/h9-10,22,26H,3-7H2,1-2H3,(H,23,27)/t9-,10+/m0/s1. The maximum atomic E-state index is 14.8. The van der Waals surface area contributed by atoms with Crippen LogP contribution in [0, 0.1) is 6.92 Å². The average Bonchev–Trinajstić information content (AvgIpc) is 3.26. The fraction of sp³-hybridized carbons (Fsp3) is 0.500. The lowest BCUT2D eigenvalue weighted by molar-refractivity contribution is 0.0528. The van der Waals surface area contributed by atoms with E-state index in [1.165, 1.54) is 0 Å². The summed E-state index contributed by atoms with van der Waals surface area (Å²) in [5.74, 6) is -1.10. The predicted octanol–water partition coefficient (Wildman–Crippen LogP) is 3.10. The van der Waals surface area contributed by atoms with Gasteiger partial charge in [-0.05, 0) is 20.3 Å². The molecule has 8 nitrogen and oxygen atoms in total. The van der Waals surface area contributed by atoms with Gasteiger partial charge in [-0.25, -0.2) is 14.2 Å². The van der Waals surface area contributed by atoms with E-state index in [9.17, 15) is 19.1 Å². The zero-order valence-electron chi connectivity index (χ0n) is 16.3. The third-order valence-corrected chi connectivity index (χ3v) is 6.79. The minimum atomic E-state index is -1.37. The quantitative estimate of drug-likeness (QED) is 0.550. The Morgan fingerprint density at radius 2 is 2.17 bits per heavy atom. The van der Waals surface area contributed by atoms with Gasteiger partial charge in [-0.15, -0.1) is 0 Å². The molecule has 2 atom stereocenters. The molecule has 0 aliphatic carbocycles. The first kappa shape index (κ1) is 22.8. The zero-order valence-corrected chi connectivity index (χ0v) is 18.6. The van der Waals surface area contributed by atoms with Crippen LogP contribution >= 0.6 is 34.5 Å². The lowest BCUT2D eigenvalue weighted by Gasteiger charge is -2.34. The smallest absolute Gasteiger partial charge is 0.350 e. The van der Waals surface area contributed by atoms with Crippen LogP contribution in [0.4, 0.5) is 9.52 Å². The molecule has 0 spiro atoms. The van der Waals surface area contributed by atoms with E-state index in [0.717, 1.165) is 11.3 Å². The van der Waals surface area contributed by atoms with Crippen molar-refractivity contribution < 1.29 is 23.8 Å². The van der Waals surface area contributed by atoms with E-state index >= 15 is 0 Å². The maximum Gasteiger partial charge on any atom is 0.350 e. The molecule has 12 heteroatoms. The van der Waals surface area contributed by atoms with Gasteiger partial charge in [0.25, 0.3) is 5.91 Å². The van der Waals surface area contributed by atoms with E-state index in [-0.39, 0.29) is 39.5 Å². The molecule has 2 aromatic heterocycles. The number of aryl methyl sites for hydroxylation is 1. The fourth-order valence-corrected chi connectivity index (χ4v) is 4.57. The molecular formula is C18H21Cl2FN4O4S. The fourth-order valence-electron chi connectivity index (χ4n) is 3.15. The molecule has 0 saturated carbocycles. The molecule has 2 aromatic rings. The molecule has 1 aliphatic heterocycles. The van der Waals surface area contributed by atoms with E-state index < -0.39 is 30.7 Å². The van der Waals surface area contributed by atoms with Crippen molar-refractivity contribution in [3.8, 4) is 0 Å². The maximum absolute atomic E-state index is 14.8. The highest BCUT2D eigenvalue weighted by molar-refractivity contribution is 7.17. The number of ether oxygens (including phenoxy) is 1. The van der Waals surface area contributed by atoms with Gasteiger partial charge in [0.2, 0.25) is 0 Å². The summed E-state index contributed by atoms with van der Waals surface area (Å²) >= 11 is 13.1. The second-order valence-corrected chi connectivity index (χ2v) is 8.47. The average molecular weight is 479 g/mol. The molecule has 1 saturated heterocycles. The van der Waals surface area contributed by atoms with Crippen LogP contribution in [-0.4, -0.2) is 58.9 Å². The number of nitrogens with zero attached hydrogens (tertiary/aromatic N) is 2. The van der Waals surface area contributed by atoms with Crippen molar-refractivity contribution in [1.82, 2.24) is 15.3 Å². The normalized spacial score (nSPS) is 19.1. The Bertz CT molecular complexity index is 951. The van der Waals surface area contributed by atoms with Gasteiger partial charge in [0.15, 0.2) is 5.13 Å². The van der Waals surface area contributed by atoms with Crippen LogP contribution < -0.4 is 10.2 Å². The van der Waals surface area contributed by atoms with Gasteiger partial charge in [0.05, 0.1) is 41.5 Å². The number of H-pyrrole nitrogens is 1. The van der Waals surface area contributed by atoms with Crippen molar-refractivity contribution in [1.29, 1.82) is 0 Å². The number of nitrogens with one attached hydrogen (secondary N) is 2. The van der Waals surface area contributed by atoms with E-state index in [1.54, 1.807) is 18.7 Å². The summed E-state index contributed by atoms with van der Waals surface area (Å²) in [7, 11) is 0. The summed E-state index contributed by atoms with van der Waals surface area (Å²) in [5, 5.41) is 12.9. The number of aromatic amines is 1. The van der Waals surface area contributed by atoms with Crippen LogP contribution in [0.3, 0.4) is 0 Å². The first-order valence-electron chi connectivity index (χ1n) is 9.27. The number of amides is 1. The van der Waals surface area contributed by atoms with Crippen molar-refractivity contribution in [3.63, 3.8) is 0 Å². The summed E-state index contributed by atoms with van der Waals surface area (Å²) < 4.78 is 19.8. The van der Waals surface area contributed by atoms with Gasteiger partial charge < -0.3 is 25.0 Å². The van der Waals surface area contributed by atoms with Crippen LogP contribution in [0.15, 0.2) is 0 Å². The molecule has 0 aromatic carbocycles. The minimum absolute atomic E-state index is 0.0240. The third kappa shape index (κ3) is 4.56. The highest BCUT2D eigenvalue weighted by Crippen LogP contribution is 2.31. The Kier molecular flexibility index (Phi) is 7.22. The van der Waals surface area contributed by atoms with Crippen molar-refractivity contribution in [3.05, 3.63) is 32.0 Å². The Morgan fingerprint density at radius 3 is 2.73 bits per heavy atom. The molecule has 1 aliphatic rings. The van der Waals surface area contributed by atoms with Crippen LogP contribution in [0.2, 0.25) is 10.0 Å². The topological polar surface area (TPSA) is 108 Å². The molecule has 0 unspecified atom stereocenters. The second-order valence-electron chi connectivity index (χ2n) is 6.73. The highest BCUT2D eigenvalue weighted by atomic mass is 35.5. The van der Waals surface area contributed by atoms with Crippen LogP contribution in [0.1, 0.15) is 44.9 Å². The van der Waals surface area contributed by atoms with E-state index in [2.05, 4.69) is 15.3 Å². The molecule has 3 N–H and O–H groups in total. The number of esters is 1. The lowest BCUT2D eigenvalue weighted by atomic mass is 10.0. The summed E-state index contributed by atoms with van der Waals surface area (Å²) in [6, 6.07) is -0.714. The second kappa shape index (κ2) is 9.51. The summed E-state index contributed by atoms with van der Waals surface area (Å²) in [4.78, 5) is 33.4. The number of anilines is 1. The predicted molar refractivity (Wildman–Crippen MR) is 113 cm³/mol. The van der Waals surface area contributed by atoms with Crippen LogP contribution in [0.5, 0.6) is 0 Å². The Balaban J connectivity index is 1.67. The number of carbonyl (C=O) groups excluding carboxylic acids is 2. The number of carbonyl (C=O) groups is 2. The number of aromatic nitrogens is 2. The summed E-state index contributed by atoms with van der Waals surface area (Å²) in [5.41, 5.74) is 0.854. The van der Waals surface area contributed by atoms with Crippen molar-refractivity contribution in [2.75, 3.05) is 24.6 Å². The zero-order chi connectivity index (χ0) is 22.0. The number of halogens is 3. The lowest BCUT2D eigenvalue weighted by Crippen LogP contribution is -2.52. The van der Waals surface area contributed by atoms with Crippen molar-refractivity contribution in [2.24, 2.45) is 0 Å².